The van der Waals surface area contributed by atoms with Crippen LogP contribution in [0, 0.1) is 11.3 Å². The Kier molecular flexibility index (Phi) is 5.63. The van der Waals surface area contributed by atoms with E-state index in [1.807, 2.05) is 4.90 Å². The van der Waals surface area contributed by atoms with E-state index in [0.29, 0.717) is 5.41 Å². The molecule has 1 saturated carbocycles. The van der Waals surface area contributed by atoms with E-state index in [0.717, 1.165) is 52.0 Å². The minimum absolute atomic E-state index is 0.0683. The highest BCUT2D eigenvalue weighted by molar-refractivity contribution is 5.69. The van der Waals surface area contributed by atoms with Crippen molar-refractivity contribution in [1.29, 1.82) is 0 Å². The quantitative estimate of drug-likeness (QED) is 0.475. The van der Waals surface area contributed by atoms with E-state index in [2.05, 4.69) is 38.8 Å². The summed E-state index contributed by atoms with van der Waals surface area (Å²) < 4.78 is 24.4. The van der Waals surface area contributed by atoms with Crippen LogP contribution in [0.4, 0.5) is 4.79 Å². The molecule has 6 atom stereocenters. The molecule has 0 aromatic rings. The van der Waals surface area contributed by atoms with Crippen LogP contribution in [0.5, 0.6) is 0 Å². The second-order valence-electron chi connectivity index (χ2n) is 11.5. The van der Waals surface area contributed by atoms with Gasteiger partial charge in [0, 0.05) is 25.6 Å². The molecule has 1 amide bonds. The number of ether oxygens (including phenoxy) is 4. The van der Waals surface area contributed by atoms with E-state index in [1.54, 1.807) is 7.11 Å². The van der Waals surface area contributed by atoms with E-state index >= 15 is 0 Å². The zero-order valence-electron chi connectivity index (χ0n) is 20.4. The van der Waals surface area contributed by atoms with Crippen LogP contribution in [0.3, 0.4) is 0 Å². The van der Waals surface area contributed by atoms with Crippen molar-refractivity contribution in [3.63, 3.8) is 0 Å². The molecule has 0 aromatic carbocycles. The van der Waals surface area contributed by atoms with Gasteiger partial charge in [0.2, 0.25) is 0 Å². The van der Waals surface area contributed by atoms with Crippen LogP contribution in [0.2, 0.25) is 0 Å². The Hall–Kier alpha value is -1.15. The summed E-state index contributed by atoms with van der Waals surface area (Å²) in [6, 6.07) is 0. The average molecular weight is 449 g/mol. The molecule has 4 aliphatic heterocycles. The zero-order valence-corrected chi connectivity index (χ0v) is 20.4. The summed E-state index contributed by atoms with van der Waals surface area (Å²) in [5.41, 5.74) is 1.12. The van der Waals surface area contributed by atoms with Gasteiger partial charge in [-0.3, -0.25) is 0 Å². The van der Waals surface area contributed by atoms with Crippen LogP contribution >= 0.6 is 0 Å². The third-order valence-corrected chi connectivity index (χ3v) is 8.85. The van der Waals surface area contributed by atoms with Crippen molar-refractivity contribution in [2.45, 2.75) is 82.4 Å². The number of nitrogens with zero attached hydrogens (tertiary/aromatic N) is 2. The van der Waals surface area contributed by atoms with Gasteiger partial charge in [-0.1, -0.05) is 11.6 Å². The first-order valence-electron chi connectivity index (χ1n) is 12.3. The molecule has 5 rings (SSSR count). The Labute approximate surface area is 192 Å². The van der Waals surface area contributed by atoms with Crippen LogP contribution in [-0.4, -0.2) is 92.4 Å². The molecule has 5 aliphatic rings. The number of hydrogen-bond donors (Lipinski definition) is 0. The largest absolute Gasteiger partial charge is 0.443 e. The van der Waals surface area contributed by atoms with Crippen molar-refractivity contribution in [2.24, 2.45) is 11.3 Å². The fourth-order valence-corrected chi connectivity index (χ4v) is 6.58. The molecular weight excluding hydrogens is 408 g/mol. The molecule has 5 fully saturated rings. The maximum Gasteiger partial charge on any atom is 0.410 e. The van der Waals surface area contributed by atoms with Gasteiger partial charge in [-0.15, -0.1) is 0 Å². The molecule has 2 spiro atoms. The molecule has 0 aromatic heterocycles. The summed E-state index contributed by atoms with van der Waals surface area (Å²) in [5, 5.41) is 0. The van der Waals surface area contributed by atoms with E-state index in [1.165, 1.54) is 18.4 Å². The maximum absolute atomic E-state index is 13.0. The Bertz CT molecular complexity index is 760. The van der Waals surface area contributed by atoms with Gasteiger partial charge in [0.25, 0.3) is 0 Å². The summed E-state index contributed by atoms with van der Waals surface area (Å²) in [7, 11) is 3.90. The van der Waals surface area contributed by atoms with Crippen molar-refractivity contribution in [3.05, 3.63) is 11.6 Å². The van der Waals surface area contributed by atoms with Gasteiger partial charge in [-0.2, -0.15) is 0 Å². The van der Waals surface area contributed by atoms with Crippen molar-refractivity contribution >= 4 is 6.09 Å². The maximum atomic E-state index is 13.0. The number of methoxy groups -OCH3 is 1. The topological polar surface area (TPSA) is 67.1 Å². The SMILES string of the molecule is CO[C@@H]1[C@H](OC(=O)N2CC3(CCN(C)CC3)C2)CC[C@]2(CO2)[C@H]1[C@@]1(C)O[C@@H]1CC=C(C)C. The standard InChI is InChI=1S/C25H40N2O5/c1-17(2)6-7-19-23(3,32-19)21-20(29-5)18(8-9-25(21)16-30-25)31-22(28)27-14-24(15-27)10-12-26(4)13-11-24/h6,18-21H,7-16H2,1-5H3/t18-,19-,20-,21-,23+,25+/m1/s1. The van der Waals surface area contributed by atoms with Gasteiger partial charge in [-0.05, 0) is 73.0 Å². The molecule has 1 aliphatic carbocycles. The number of rotatable bonds is 5. The molecule has 0 bridgehead atoms. The third kappa shape index (κ3) is 3.89. The van der Waals surface area contributed by atoms with E-state index in [4.69, 9.17) is 18.9 Å². The predicted molar refractivity (Wildman–Crippen MR) is 121 cm³/mol. The van der Waals surface area contributed by atoms with Gasteiger partial charge >= 0.3 is 6.09 Å². The molecule has 0 unspecified atom stereocenters. The van der Waals surface area contributed by atoms with Crippen LogP contribution in [0.25, 0.3) is 0 Å². The molecular formula is C25H40N2O5. The molecule has 4 heterocycles. The summed E-state index contributed by atoms with van der Waals surface area (Å²) >= 11 is 0. The Balaban J connectivity index is 1.23. The second-order valence-corrected chi connectivity index (χ2v) is 11.5. The monoisotopic (exact) mass is 448 g/mol. The molecule has 7 heteroatoms. The van der Waals surface area contributed by atoms with Crippen LogP contribution in [-0.2, 0) is 18.9 Å². The molecule has 0 N–H and O–H groups in total. The van der Waals surface area contributed by atoms with E-state index < -0.39 is 0 Å². The number of piperidine rings is 1. The minimum atomic E-state index is -0.302. The van der Waals surface area contributed by atoms with Gasteiger partial charge in [0.1, 0.15) is 23.4 Å². The van der Waals surface area contributed by atoms with Crippen molar-refractivity contribution in [1.82, 2.24) is 9.80 Å². The van der Waals surface area contributed by atoms with Crippen LogP contribution < -0.4 is 0 Å². The molecule has 4 saturated heterocycles. The summed E-state index contributed by atoms with van der Waals surface area (Å²) in [6.07, 6.45) is 6.65. The fraction of sp³-hybridized carbons (Fsp3) is 0.880. The van der Waals surface area contributed by atoms with Crippen molar-refractivity contribution < 1.29 is 23.7 Å². The Morgan fingerprint density at radius 2 is 1.88 bits per heavy atom. The van der Waals surface area contributed by atoms with Crippen molar-refractivity contribution in [2.75, 3.05) is 46.9 Å². The highest BCUT2D eigenvalue weighted by Crippen LogP contribution is 2.59. The number of likely N-dealkylation sites (tertiary alicyclic amines) is 2. The smallest absolute Gasteiger partial charge is 0.410 e. The summed E-state index contributed by atoms with van der Waals surface area (Å²) in [5.74, 6) is 0.0683. The second kappa shape index (κ2) is 7.97. The number of carbonyl (C=O) groups is 1. The average Bonchev–Trinajstić information content (AvgIpc) is 3.64. The van der Waals surface area contributed by atoms with Gasteiger partial charge < -0.3 is 28.7 Å². The van der Waals surface area contributed by atoms with Crippen LogP contribution in [0.1, 0.15) is 52.9 Å². The number of carbonyl (C=O) groups excluding carboxylic acids is 1. The number of epoxide rings is 2. The number of hydrogen-bond acceptors (Lipinski definition) is 6. The molecule has 180 valence electrons. The highest BCUT2D eigenvalue weighted by Gasteiger charge is 2.72. The summed E-state index contributed by atoms with van der Waals surface area (Å²) in [4.78, 5) is 17.3. The lowest BCUT2D eigenvalue weighted by Gasteiger charge is -2.53. The Morgan fingerprint density at radius 3 is 2.47 bits per heavy atom. The van der Waals surface area contributed by atoms with E-state index in [-0.39, 0.29) is 41.5 Å². The molecule has 7 nitrogen and oxygen atoms in total. The van der Waals surface area contributed by atoms with E-state index in [9.17, 15) is 4.79 Å². The predicted octanol–water partition coefficient (Wildman–Crippen LogP) is 3.23. The first kappa shape index (κ1) is 22.6. The zero-order chi connectivity index (χ0) is 22.7. The fourth-order valence-electron chi connectivity index (χ4n) is 6.58. The van der Waals surface area contributed by atoms with Gasteiger partial charge in [-0.25, -0.2) is 4.79 Å². The summed E-state index contributed by atoms with van der Waals surface area (Å²) in [6.45, 7) is 11.0. The first-order chi connectivity index (χ1) is 15.2. The normalized spacial score (nSPS) is 42.5. The van der Waals surface area contributed by atoms with Crippen molar-refractivity contribution in [3.8, 4) is 0 Å². The van der Waals surface area contributed by atoms with Gasteiger partial charge in [0.05, 0.1) is 18.6 Å². The lowest BCUT2D eigenvalue weighted by atomic mass is 9.68. The molecule has 32 heavy (non-hydrogen) atoms. The minimum Gasteiger partial charge on any atom is -0.443 e. The third-order valence-electron chi connectivity index (χ3n) is 8.85. The lowest BCUT2D eigenvalue weighted by molar-refractivity contribution is -0.129. The number of amides is 1. The Morgan fingerprint density at radius 1 is 1.19 bits per heavy atom. The number of allylic oxidation sites excluding steroid dienone is 1. The van der Waals surface area contributed by atoms with Gasteiger partial charge in [0.15, 0.2) is 0 Å². The molecule has 0 radical (unpaired) electrons. The lowest BCUT2D eigenvalue weighted by Crippen LogP contribution is -2.63. The highest BCUT2D eigenvalue weighted by atomic mass is 16.6. The first-order valence-corrected chi connectivity index (χ1v) is 12.3. The van der Waals surface area contributed by atoms with Crippen LogP contribution in [0.15, 0.2) is 11.6 Å².